The van der Waals surface area contributed by atoms with Crippen LogP contribution in [0, 0.1) is 13.8 Å². The molecule has 3 rings (SSSR count). The quantitative estimate of drug-likeness (QED) is 0.679. The number of thioether (sulfide) groups is 1. The standard InChI is InChI=1S/C18H25N5S/c1-13-5-6-14(2)15(11-13)19-16-12-17(21-18(20-16)24-4)23-9-7-22(3)8-10-23/h5-6,11-12H,7-10H2,1-4H3,(H,19,20,21). The number of aromatic nitrogens is 2. The van der Waals surface area contributed by atoms with Crippen LogP contribution in [0.1, 0.15) is 11.1 Å². The van der Waals surface area contributed by atoms with E-state index < -0.39 is 0 Å². The molecule has 128 valence electrons. The van der Waals surface area contributed by atoms with Gasteiger partial charge in [0.05, 0.1) is 0 Å². The van der Waals surface area contributed by atoms with Crippen LogP contribution in [0.2, 0.25) is 0 Å². The first-order chi connectivity index (χ1) is 11.5. The predicted octanol–water partition coefficient (Wildman–Crippen LogP) is 3.31. The number of rotatable bonds is 4. The van der Waals surface area contributed by atoms with Crippen LogP contribution in [-0.2, 0) is 0 Å². The Morgan fingerprint density at radius 3 is 2.50 bits per heavy atom. The van der Waals surface area contributed by atoms with Crippen LogP contribution in [0.5, 0.6) is 0 Å². The number of piperazine rings is 1. The van der Waals surface area contributed by atoms with Crippen molar-refractivity contribution in [3.63, 3.8) is 0 Å². The van der Waals surface area contributed by atoms with Crippen molar-refractivity contribution < 1.29 is 0 Å². The zero-order valence-electron chi connectivity index (χ0n) is 14.8. The molecule has 2 heterocycles. The Kier molecular flexibility index (Phi) is 5.26. The second-order valence-electron chi connectivity index (χ2n) is 6.33. The maximum absolute atomic E-state index is 4.70. The van der Waals surface area contributed by atoms with Crippen LogP contribution in [0.4, 0.5) is 17.3 Å². The van der Waals surface area contributed by atoms with Gasteiger partial charge in [-0.3, -0.25) is 0 Å². The number of benzene rings is 1. The largest absolute Gasteiger partial charge is 0.354 e. The third-order valence-electron chi connectivity index (χ3n) is 4.36. The lowest BCUT2D eigenvalue weighted by atomic mass is 10.1. The van der Waals surface area contributed by atoms with Crippen LogP contribution >= 0.6 is 11.8 Å². The fourth-order valence-electron chi connectivity index (χ4n) is 2.77. The molecule has 2 aromatic rings. The van der Waals surface area contributed by atoms with Crippen LogP contribution in [0.3, 0.4) is 0 Å². The zero-order chi connectivity index (χ0) is 17.1. The summed E-state index contributed by atoms with van der Waals surface area (Å²) >= 11 is 1.58. The van der Waals surface area contributed by atoms with Gasteiger partial charge >= 0.3 is 0 Å². The maximum Gasteiger partial charge on any atom is 0.191 e. The fraction of sp³-hybridized carbons (Fsp3) is 0.444. The number of hydrogen-bond donors (Lipinski definition) is 1. The van der Waals surface area contributed by atoms with Gasteiger partial charge in [-0.2, -0.15) is 0 Å². The molecule has 1 aliphatic heterocycles. The molecular weight excluding hydrogens is 318 g/mol. The Morgan fingerprint density at radius 1 is 1.04 bits per heavy atom. The lowest BCUT2D eigenvalue weighted by Crippen LogP contribution is -2.44. The van der Waals surface area contributed by atoms with E-state index in [1.54, 1.807) is 11.8 Å². The van der Waals surface area contributed by atoms with Crippen molar-refractivity contribution >= 4 is 29.1 Å². The highest BCUT2D eigenvalue weighted by molar-refractivity contribution is 7.98. The van der Waals surface area contributed by atoms with E-state index in [0.29, 0.717) is 0 Å². The van der Waals surface area contributed by atoms with E-state index in [4.69, 9.17) is 4.98 Å². The molecule has 0 amide bonds. The maximum atomic E-state index is 4.70. The average Bonchev–Trinajstić information content (AvgIpc) is 2.58. The molecule has 1 saturated heterocycles. The van der Waals surface area contributed by atoms with Crippen molar-refractivity contribution in [3.05, 3.63) is 35.4 Å². The molecule has 0 spiro atoms. The molecule has 6 heteroatoms. The molecule has 5 nitrogen and oxygen atoms in total. The van der Waals surface area contributed by atoms with E-state index >= 15 is 0 Å². The Hall–Kier alpha value is -1.79. The van der Waals surface area contributed by atoms with Crippen molar-refractivity contribution in [1.29, 1.82) is 0 Å². The average molecular weight is 344 g/mol. The molecule has 0 radical (unpaired) electrons. The second kappa shape index (κ2) is 7.40. The van der Waals surface area contributed by atoms with Gasteiger partial charge in [-0.25, -0.2) is 9.97 Å². The van der Waals surface area contributed by atoms with Gasteiger partial charge in [-0.05, 0) is 44.3 Å². The minimum Gasteiger partial charge on any atom is -0.354 e. The topological polar surface area (TPSA) is 44.3 Å². The van der Waals surface area contributed by atoms with E-state index in [1.165, 1.54) is 11.1 Å². The summed E-state index contributed by atoms with van der Waals surface area (Å²) in [6.45, 7) is 8.36. The number of anilines is 3. The summed E-state index contributed by atoms with van der Waals surface area (Å²) in [7, 11) is 2.16. The van der Waals surface area contributed by atoms with E-state index in [-0.39, 0.29) is 0 Å². The number of hydrogen-bond acceptors (Lipinski definition) is 6. The van der Waals surface area contributed by atoms with Gasteiger partial charge in [0, 0.05) is 37.9 Å². The summed E-state index contributed by atoms with van der Waals surface area (Å²) in [5, 5.41) is 4.28. The summed E-state index contributed by atoms with van der Waals surface area (Å²) in [5.74, 6) is 1.87. The number of likely N-dealkylation sites (N-methyl/N-ethyl adjacent to an activating group) is 1. The molecule has 1 aliphatic rings. The van der Waals surface area contributed by atoms with Gasteiger partial charge in [0.2, 0.25) is 0 Å². The SMILES string of the molecule is CSc1nc(Nc2cc(C)ccc2C)cc(N2CCN(C)CC2)n1. The predicted molar refractivity (Wildman–Crippen MR) is 103 cm³/mol. The van der Waals surface area contributed by atoms with Crippen LogP contribution < -0.4 is 10.2 Å². The normalized spacial score (nSPS) is 15.6. The van der Waals surface area contributed by atoms with Gasteiger partial charge in [0.1, 0.15) is 11.6 Å². The molecule has 0 atom stereocenters. The summed E-state index contributed by atoms with van der Waals surface area (Å²) in [6, 6.07) is 8.48. The molecule has 24 heavy (non-hydrogen) atoms. The molecule has 0 saturated carbocycles. The number of aryl methyl sites for hydroxylation is 2. The van der Waals surface area contributed by atoms with E-state index in [2.05, 4.69) is 65.3 Å². The molecule has 0 unspecified atom stereocenters. The van der Waals surface area contributed by atoms with Crippen molar-refractivity contribution in [3.8, 4) is 0 Å². The third-order valence-corrected chi connectivity index (χ3v) is 4.91. The first-order valence-electron chi connectivity index (χ1n) is 8.26. The van der Waals surface area contributed by atoms with Crippen LogP contribution in [0.15, 0.2) is 29.4 Å². The van der Waals surface area contributed by atoms with E-state index in [9.17, 15) is 0 Å². The van der Waals surface area contributed by atoms with Gasteiger partial charge in [0.25, 0.3) is 0 Å². The minimum atomic E-state index is 0.805. The fourth-order valence-corrected chi connectivity index (χ4v) is 3.15. The van der Waals surface area contributed by atoms with Gasteiger partial charge in [0.15, 0.2) is 5.16 Å². The van der Waals surface area contributed by atoms with Crippen molar-refractivity contribution in [1.82, 2.24) is 14.9 Å². The molecule has 1 N–H and O–H groups in total. The Labute approximate surface area is 148 Å². The highest BCUT2D eigenvalue weighted by Crippen LogP contribution is 2.25. The van der Waals surface area contributed by atoms with E-state index in [1.807, 2.05) is 6.26 Å². The van der Waals surface area contributed by atoms with Crippen molar-refractivity contribution in [2.75, 3.05) is 49.7 Å². The Balaban J connectivity index is 1.87. The van der Waals surface area contributed by atoms with Gasteiger partial charge in [-0.15, -0.1) is 0 Å². The smallest absolute Gasteiger partial charge is 0.191 e. The zero-order valence-corrected chi connectivity index (χ0v) is 15.7. The number of nitrogens with one attached hydrogen (secondary N) is 1. The van der Waals surface area contributed by atoms with E-state index in [0.717, 1.165) is 48.7 Å². The van der Waals surface area contributed by atoms with Crippen LogP contribution in [0.25, 0.3) is 0 Å². The third kappa shape index (κ3) is 3.99. The lowest BCUT2D eigenvalue weighted by Gasteiger charge is -2.33. The lowest BCUT2D eigenvalue weighted by molar-refractivity contribution is 0.312. The highest BCUT2D eigenvalue weighted by Gasteiger charge is 2.17. The first kappa shape index (κ1) is 17.0. The Morgan fingerprint density at radius 2 is 1.79 bits per heavy atom. The first-order valence-corrected chi connectivity index (χ1v) is 9.48. The second-order valence-corrected chi connectivity index (χ2v) is 7.11. The summed E-state index contributed by atoms with van der Waals surface area (Å²) < 4.78 is 0. The summed E-state index contributed by atoms with van der Waals surface area (Å²) in [5.41, 5.74) is 3.55. The summed E-state index contributed by atoms with van der Waals surface area (Å²) in [4.78, 5) is 14.0. The van der Waals surface area contributed by atoms with Gasteiger partial charge in [-0.1, -0.05) is 23.9 Å². The van der Waals surface area contributed by atoms with Crippen LogP contribution in [-0.4, -0.2) is 54.4 Å². The molecule has 0 bridgehead atoms. The van der Waals surface area contributed by atoms with Crippen molar-refractivity contribution in [2.45, 2.75) is 19.0 Å². The molecule has 0 aliphatic carbocycles. The molecular formula is C18H25N5S. The minimum absolute atomic E-state index is 0.805. The molecule has 1 aromatic heterocycles. The monoisotopic (exact) mass is 343 g/mol. The van der Waals surface area contributed by atoms with Crippen molar-refractivity contribution in [2.24, 2.45) is 0 Å². The number of nitrogens with zero attached hydrogens (tertiary/aromatic N) is 4. The summed E-state index contributed by atoms with van der Waals surface area (Å²) in [6.07, 6.45) is 2.02. The molecule has 1 aromatic carbocycles. The van der Waals surface area contributed by atoms with Gasteiger partial charge < -0.3 is 15.1 Å². The Bertz CT molecular complexity index is 711. The highest BCUT2D eigenvalue weighted by atomic mass is 32.2. The molecule has 1 fully saturated rings.